The summed E-state index contributed by atoms with van der Waals surface area (Å²) in [5, 5.41) is 9.88. The maximum Gasteiger partial charge on any atom is 0.304 e. The van der Waals surface area contributed by atoms with E-state index in [2.05, 4.69) is 0 Å². The minimum Gasteiger partial charge on any atom is -0.488 e. The summed E-state index contributed by atoms with van der Waals surface area (Å²) in [4.78, 5) is 14.3. The molecule has 1 N–H and O–H groups in total. The monoisotopic (exact) mass is 596 g/mol. The number of fused-ring (bicyclic) bond motifs is 1. The molecule has 1 aliphatic rings. The lowest BCUT2D eigenvalue weighted by molar-refractivity contribution is -0.137. The molecule has 0 saturated carbocycles. The fraction of sp³-hybridized carbons (Fsp3) is 0.424. The number of carboxylic acid groups (broad SMARTS) is 1. The number of rotatable bonds is 11. The lowest BCUT2D eigenvalue weighted by Gasteiger charge is -2.25. The molecule has 9 heteroatoms. The maximum atomic E-state index is 14.9. The number of carbonyl (C=O) groups is 1. The van der Waals surface area contributed by atoms with Gasteiger partial charge in [-0.3, -0.25) is 4.79 Å². The number of benzene rings is 3. The van der Waals surface area contributed by atoms with Gasteiger partial charge in [-0.1, -0.05) is 43.3 Å². The first kappa shape index (κ1) is 31.7. The molecule has 4 rings (SSSR count). The number of aryl methyl sites for hydroxylation is 3. The molecular formula is C33H41FN2O5S. The van der Waals surface area contributed by atoms with Gasteiger partial charge in [0, 0.05) is 12.5 Å². The van der Waals surface area contributed by atoms with E-state index in [1.54, 1.807) is 31.2 Å². The molecule has 0 saturated heterocycles. The molecule has 2 atom stereocenters. The van der Waals surface area contributed by atoms with Crippen molar-refractivity contribution in [2.45, 2.75) is 69.9 Å². The van der Waals surface area contributed by atoms with Gasteiger partial charge in [0.25, 0.3) is 0 Å². The summed E-state index contributed by atoms with van der Waals surface area (Å²) in [6.07, 6.45) is 1.49. The Labute approximate surface area is 249 Å². The third kappa shape index (κ3) is 7.19. The maximum absolute atomic E-state index is 14.9. The van der Waals surface area contributed by atoms with Crippen molar-refractivity contribution in [3.8, 4) is 5.75 Å². The zero-order chi connectivity index (χ0) is 30.6. The second kappa shape index (κ2) is 13.4. The van der Waals surface area contributed by atoms with Crippen molar-refractivity contribution in [1.82, 2.24) is 9.21 Å². The molecule has 7 nitrogen and oxygen atoms in total. The van der Waals surface area contributed by atoms with Crippen molar-refractivity contribution in [3.63, 3.8) is 0 Å². The van der Waals surface area contributed by atoms with Crippen molar-refractivity contribution in [2.75, 3.05) is 27.2 Å². The van der Waals surface area contributed by atoms with Crippen molar-refractivity contribution >= 4 is 16.0 Å². The van der Waals surface area contributed by atoms with E-state index >= 15 is 0 Å². The number of para-hydroxylation sites is 1. The molecule has 42 heavy (non-hydrogen) atoms. The summed E-state index contributed by atoms with van der Waals surface area (Å²) < 4.78 is 50.0. The quantitative estimate of drug-likeness (QED) is 0.296. The third-order valence-corrected chi connectivity index (χ3v) is 9.84. The highest BCUT2D eigenvalue weighted by Crippen LogP contribution is 2.36. The smallest absolute Gasteiger partial charge is 0.304 e. The first-order valence-corrected chi connectivity index (χ1v) is 15.8. The SMILES string of the molecule is CC[C@@H]1CN(Cc2cc(C(CC(=O)O)c3cc(CCCN(C)C)c(F)cc3C)ccc2C)S(=O)(=O)c2ccccc2O1. The third-order valence-electron chi connectivity index (χ3n) is 7.99. The number of ether oxygens (including phenoxy) is 1. The van der Waals surface area contributed by atoms with E-state index in [4.69, 9.17) is 4.74 Å². The largest absolute Gasteiger partial charge is 0.488 e. The Morgan fingerprint density at radius 1 is 1.10 bits per heavy atom. The van der Waals surface area contributed by atoms with Crippen LogP contribution < -0.4 is 4.74 Å². The van der Waals surface area contributed by atoms with E-state index in [1.165, 1.54) is 10.4 Å². The number of hydrogen-bond donors (Lipinski definition) is 1. The van der Waals surface area contributed by atoms with Gasteiger partial charge in [-0.2, -0.15) is 4.31 Å². The number of carboxylic acids is 1. The number of nitrogens with zero attached hydrogens (tertiary/aromatic N) is 2. The van der Waals surface area contributed by atoms with Crippen molar-refractivity contribution in [1.29, 1.82) is 0 Å². The number of hydrogen-bond acceptors (Lipinski definition) is 5. The summed E-state index contributed by atoms with van der Waals surface area (Å²) in [5.74, 6) is -1.42. The Hall–Kier alpha value is -3.27. The second-order valence-electron chi connectivity index (χ2n) is 11.4. The van der Waals surface area contributed by atoms with Crippen LogP contribution in [0, 0.1) is 19.7 Å². The molecule has 226 valence electrons. The fourth-order valence-electron chi connectivity index (χ4n) is 5.54. The zero-order valence-electron chi connectivity index (χ0n) is 25.1. The second-order valence-corrected chi connectivity index (χ2v) is 13.3. The number of aliphatic carboxylic acids is 1. The molecule has 0 aromatic heterocycles. The van der Waals surface area contributed by atoms with Crippen LogP contribution in [0.5, 0.6) is 5.75 Å². The summed E-state index contributed by atoms with van der Waals surface area (Å²) >= 11 is 0. The Morgan fingerprint density at radius 3 is 2.52 bits per heavy atom. The Morgan fingerprint density at radius 2 is 1.83 bits per heavy atom. The highest BCUT2D eigenvalue weighted by molar-refractivity contribution is 7.89. The van der Waals surface area contributed by atoms with Gasteiger partial charge in [0.15, 0.2) is 0 Å². The van der Waals surface area contributed by atoms with E-state index in [0.717, 1.165) is 35.2 Å². The Balaban J connectivity index is 1.73. The topological polar surface area (TPSA) is 87.2 Å². The van der Waals surface area contributed by atoms with E-state index in [1.807, 2.05) is 57.1 Å². The standard InChI is InChI=1S/C33H41FN2O5S/c1-6-27-21-36(42(39,40)32-12-8-7-11-31(32)41-27)20-26-17-24(14-13-22(26)2)29(19-33(37)38)28-18-25(10-9-15-35(4)5)30(34)16-23(28)3/h7-8,11-14,16-18,27,29H,6,9-10,15,19-21H2,1-5H3,(H,37,38)/t27-,29?/m1/s1. The van der Waals surface area contributed by atoms with Crippen molar-refractivity contribution in [2.24, 2.45) is 0 Å². The summed E-state index contributed by atoms with van der Waals surface area (Å²) in [7, 11) is 0.0995. The molecule has 0 amide bonds. The molecule has 0 fully saturated rings. The van der Waals surface area contributed by atoms with Gasteiger partial charge < -0.3 is 14.7 Å². The molecule has 1 heterocycles. The van der Waals surface area contributed by atoms with Crippen LogP contribution in [-0.2, 0) is 27.8 Å². The predicted molar refractivity (Wildman–Crippen MR) is 162 cm³/mol. The van der Waals surface area contributed by atoms with Crippen LogP contribution in [0.25, 0.3) is 0 Å². The molecule has 0 radical (unpaired) electrons. The Bertz CT molecular complexity index is 1540. The fourth-order valence-corrected chi connectivity index (χ4v) is 7.11. The number of halogens is 1. The van der Waals surface area contributed by atoms with Gasteiger partial charge in [-0.25, -0.2) is 12.8 Å². The van der Waals surface area contributed by atoms with Gasteiger partial charge in [0.05, 0.1) is 13.0 Å². The van der Waals surface area contributed by atoms with Crippen LogP contribution in [0.2, 0.25) is 0 Å². The van der Waals surface area contributed by atoms with Crippen LogP contribution in [0.3, 0.4) is 0 Å². The van der Waals surface area contributed by atoms with Gasteiger partial charge in [-0.15, -0.1) is 0 Å². The molecule has 0 bridgehead atoms. The summed E-state index contributed by atoms with van der Waals surface area (Å²) in [5.41, 5.74) is 4.46. The zero-order valence-corrected chi connectivity index (χ0v) is 25.9. The average molecular weight is 597 g/mol. The van der Waals surface area contributed by atoms with Crippen LogP contribution in [0.15, 0.2) is 59.5 Å². The minimum atomic E-state index is -3.84. The van der Waals surface area contributed by atoms with E-state index in [-0.39, 0.29) is 36.3 Å². The predicted octanol–water partition coefficient (Wildman–Crippen LogP) is 5.91. The van der Waals surface area contributed by atoms with Gasteiger partial charge in [0.2, 0.25) is 10.0 Å². The van der Waals surface area contributed by atoms with E-state index in [0.29, 0.717) is 29.7 Å². The molecule has 3 aromatic carbocycles. The van der Waals surface area contributed by atoms with Gasteiger partial charge >= 0.3 is 5.97 Å². The molecular weight excluding hydrogens is 555 g/mol. The van der Waals surface area contributed by atoms with Crippen LogP contribution in [0.4, 0.5) is 4.39 Å². The summed E-state index contributed by atoms with van der Waals surface area (Å²) in [6, 6.07) is 15.7. The minimum absolute atomic E-state index is 0.119. The Kier molecular flexibility index (Phi) is 10.1. The van der Waals surface area contributed by atoms with Crippen molar-refractivity contribution < 1.29 is 27.4 Å². The molecule has 1 aliphatic heterocycles. The highest BCUT2D eigenvalue weighted by Gasteiger charge is 2.34. The average Bonchev–Trinajstić information content (AvgIpc) is 3.03. The number of sulfonamides is 1. The highest BCUT2D eigenvalue weighted by atomic mass is 32.2. The van der Waals surface area contributed by atoms with E-state index < -0.39 is 21.9 Å². The van der Waals surface area contributed by atoms with Crippen LogP contribution >= 0.6 is 0 Å². The first-order valence-electron chi connectivity index (χ1n) is 14.4. The van der Waals surface area contributed by atoms with Crippen LogP contribution in [-0.4, -0.2) is 62.0 Å². The summed E-state index contributed by atoms with van der Waals surface area (Å²) in [6.45, 7) is 6.82. The van der Waals surface area contributed by atoms with E-state index in [9.17, 15) is 22.7 Å². The molecule has 0 aliphatic carbocycles. The van der Waals surface area contributed by atoms with Crippen LogP contribution in [0.1, 0.15) is 65.5 Å². The normalized spacial score (nSPS) is 17.4. The van der Waals surface area contributed by atoms with Gasteiger partial charge in [-0.05, 0) is 105 Å². The first-order chi connectivity index (χ1) is 19.9. The molecule has 3 aromatic rings. The lowest BCUT2D eigenvalue weighted by atomic mass is 9.83. The molecule has 1 unspecified atom stereocenters. The lowest BCUT2D eigenvalue weighted by Crippen LogP contribution is -2.36. The van der Waals surface area contributed by atoms with Crippen molar-refractivity contribution in [3.05, 3.63) is 93.8 Å². The molecule has 0 spiro atoms. The van der Waals surface area contributed by atoms with Gasteiger partial charge in [0.1, 0.15) is 22.6 Å².